The van der Waals surface area contributed by atoms with Crippen LogP contribution in [0.1, 0.15) is 13.2 Å². The van der Waals surface area contributed by atoms with Crippen molar-refractivity contribution in [1.29, 1.82) is 0 Å². The predicted octanol–water partition coefficient (Wildman–Crippen LogP) is -2.35. The van der Waals surface area contributed by atoms with E-state index in [2.05, 4.69) is 8.75 Å². The van der Waals surface area contributed by atoms with Crippen LogP contribution in [0.5, 0.6) is 0 Å². The van der Waals surface area contributed by atoms with Crippen LogP contribution in [-0.2, 0) is 11.3 Å². The van der Waals surface area contributed by atoms with Gasteiger partial charge in [0.25, 0.3) is 5.56 Å². The Morgan fingerprint density at radius 3 is 2.59 bits per heavy atom. The van der Waals surface area contributed by atoms with Crippen molar-refractivity contribution in [2.75, 3.05) is 6.61 Å². The van der Waals surface area contributed by atoms with Gasteiger partial charge in [0.15, 0.2) is 17.4 Å². The van der Waals surface area contributed by atoms with Crippen molar-refractivity contribution in [3.63, 3.8) is 0 Å². The molecular formula is C11H14N4O6S. The molecule has 0 spiro atoms. The number of aliphatic hydroxyl groups excluding tert-OH is 3. The van der Waals surface area contributed by atoms with E-state index in [0.717, 1.165) is 20.9 Å². The zero-order valence-electron chi connectivity index (χ0n) is 11.5. The standard InChI is InChI=1S/C11H14N4O6S/c1-2-14-9(19)5-8(13-22-12-5)15(11(14)20)10-7(18)6(17)4(3-16)21-10/h4,6-7,10,16-18H,2-3H2,1H3/t4-,6-,7-,10-/m1/s1. The van der Waals surface area contributed by atoms with Crippen molar-refractivity contribution in [1.82, 2.24) is 17.9 Å². The van der Waals surface area contributed by atoms with Crippen molar-refractivity contribution >= 4 is 22.9 Å². The number of hydrogen-bond acceptors (Lipinski definition) is 9. The monoisotopic (exact) mass is 330 g/mol. The van der Waals surface area contributed by atoms with Gasteiger partial charge in [-0.15, -0.1) is 0 Å². The molecule has 11 heteroatoms. The van der Waals surface area contributed by atoms with Gasteiger partial charge >= 0.3 is 5.69 Å². The van der Waals surface area contributed by atoms with Crippen LogP contribution in [0.15, 0.2) is 9.59 Å². The first kappa shape index (κ1) is 15.2. The average Bonchev–Trinajstić information content (AvgIpc) is 3.08. The molecule has 2 aromatic heterocycles. The zero-order valence-corrected chi connectivity index (χ0v) is 12.3. The highest BCUT2D eigenvalue weighted by atomic mass is 32.1. The average molecular weight is 330 g/mol. The third kappa shape index (κ3) is 2.01. The largest absolute Gasteiger partial charge is 0.394 e. The Balaban J connectivity index is 2.26. The second-order valence-corrected chi connectivity index (χ2v) is 5.40. The minimum Gasteiger partial charge on any atom is -0.394 e. The van der Waals surface area contributed by atoms with Gasteiger partial charge in [-0.2, -0.15) is 8.75 Å². The predicted molar refractivity (Wildman–Crippen MR) is 74.6 cm³/mol. The third-order valence-corrected chi connectivity index (χ3v) is 4.19. The molecule has 0 unspecified atom stereocenters. The molecule has 0 bridgehead atoms. The molecule has 0 aliphatic carbocycles. The fraction of sp³-hybridized carbons (Fsp3) is 0.636. The number of ether oxygens (including phenoxy) is 1. The number of nitrogens with zero attached hydrogens (tertiary/aromatic N) is 4. The highest BCUT2D eigenvalue weighted by Crippen LogP contribution is 2.29. The second-order valence-electron chi connectivity index (χ2n) is 4.87. The molecule has 3 N–H and O–H groups in total. The van der Waals surface area contributed by atoms with Crippen molar-refractivity contribution < 1.29 is 20.1 Å². The van der Waals surface area contributed by atoms with Crippen molar-refractivity contribution in [2.24, 2.45) is 0 Å². The van der Waals surface area contributed by atoms with Crippen LogP contribution in [0.2, 0.25) is 0 Å². The normalized spacial score (nSPS) is 28.5. The van der Waals surface area contributed by atoms with Gasteiger partial charge in [0.1, 0.15) is 18.3 Å². The Morgan fingerprint density at radius 2 is 2.00 bits per heavy atom. The lowest BCUT2D eigenvalue weighted by Gasteiger charge is -2.18. The molecule has 0 saturated carbocycles. The summed E-state index contributed by atoms with van der Waals surface area (Å²) in [6, 6.07) is 0. The van der Waals surface area contributed by atoms with Crippen LogP contribution in [-0.4, -0.2) is 58.1 Å². The van der Waals surface area contributed by atoms with Crippen LogP contribution in [0.25, 0.3) is 11.2 Å². The fourth-order valence-corrected chi connectivity index (χ4v) is 3.05. The maximum absolute atomic E-state index is 12.5. The SMILES string of the molecule is CCn1c(=O)c2nsnc2n([C@@H]2O[C@H](CO)[C@@H](O)[C@H]2O)c1=O. The summed E-state index contributed by atoms with van der Waals surface area (Å²) in [5, 5.41) is 29.1. The maximum atomic E-state index is 12.5. The van der Waals surface area contributed by atoms with Gasteiger partial charge in [0, 0.05) is 6.54 Å². The van der Waals surface area contributed by atoms with Crippen LogP contribution < -0.4 is 11.2 Å². The molecule has 0 amide bonds. The van der Waals surface area contributed by atoms with Crippen molar-refractivity contribution in [2.45, 2.75) is 38.0 Å². The van der Waals surface area contributed by atoms with Gasteiger partial charge in [-0.3, -0.25) is 9.36 Å². The van der Waals surface area contributed by atoms with Crippen LogP contribution in [0, 0.1) is 0 Å². The minimum atomic E-state index is -1.44. The molecule has 3 heterocycles. The number of fused-ring (bicyclic) bond motifs is 1. The summed E-state index contributed by atoms with van der Waals surface area (Å²) >= 11 is 0.754. The van der Waals surface area contributed by atoms with E-state index in [4.69, 9.17) is 9.84 Å². The smallest absolute Gasteiger partial charge is 0.335 e. The van der Waals surface area contributed by atoms with Crippen LogP contribution in [0.4, 0.5) is 0 Å². The van der Waals surface area contributed by atoms with E-state index in [1.54, 1.807) is 6.92 Å². The van der Waals surface area contributed by atoms with E-state index in [1.165, 1.54) is 0 Å². The van der Waals surface area contributed by atoms with Gasteiger partial charge in [0.2, 0.25) is 0 Å². The molecule has 3 rings (SSSR count). The number of aromatic nitrogens is 4. The molecule has 1 fully saturated rings. The van der Waals surface area contributed by atoms with E-state index in [9.17, 15) is 19.8 Å². The first-order valence-corrected chi connectivity index (χ1v) is 7.34. The van der Waals surface area contributed by atoms with Crippen LogP contribution in [0.3, 0.4) is 0 Å². The zero-order chi connectivity index (χ0) is 16.0. The number of aliphatic hydroxyl groups is 3. The van der Waals surface area contributed by atoms with E-state index in [0.29, 0.717) is 0 Å². The second kappa shape index (κ2) is 5.52. The third-order valence-electron chi connectivity index (χ3n) is 3.67. The molecule has 1 aliphatic heterocycles. The molecule has 10 nitrogen and oxygen atoms in total. The van der Waals surface area contributed by atoms with E-state index in [1.807, 2.05) is 0 Å². The maximum Gasteiger partial charge on any atom is 0.335 e. The lowest BCUT2D eigenvalue weighted by atomic mass is 10.1. The Labute approximate surface area is 127 Å². The van der Waals surface area contributed by atoms with Gasteiger partial charge < -0.3 is 20.1 Å². The summed E-state index contributed by atoms with van der Waals surface area (Å²) in [5.41, 5.74) is -1.31. The van der Waals surface area contributed by atoms with E-state index in [-0.39, 0.29) is 17.7 Å². The highest BCUT2D eigenvalue weighted by molar-refractivity contribution is 7.00. The lowest BCUT2D eigenvalue weighted by molar-refractivity contribution is -0.0534. The molecule has 120 valence electrons. The first-order chi connectivity index (χ1) is 10.5. The molecule has 2 aromatic rings. The molecule has 4 atom stereocenters. The van der Waals surface area contributed by atoms with Crippen molar-refractivity contribution in [3.05, 3.63) is 20.8 Å². The molecule has 0 aromatic carbocycles. The number of rotatable bonds is 3. The molecule has 1 saturated heterocycles. The minimum absolute atomic E-state index is 0.0100. The summed E-state index contributed by atoms with van der Waals surface area (Å²) in [5.74, 6) is 0. The van der Waals surface area contributed by atoms with Crippen LogP contribution >= 0.6 is 11.7 Å². The fourth-order valence-electron chi connectivity index (χ4n) is 2.51. The topological polar surface area (TPSA) is 140 Å². The Bertz CT molecular complexity index is 813. The van der Waals surface area contributed by atoms with Crippen molar-refractivity contribution in [3.8, 4) is 0 Å². The first-order valence-electron chi connectivity index (χ1n) is 6.61. The molecular weight excluding hydrogens is 316 g/mol. The molecule has 1 aliphatic rings. The molecule has 22 heavy (non-hydrogen) atoms. The highest BCUT2D eigenvalue weighted by Gasteiger charge is 2.45. The quantitative estimate of drug-likeness (QED) is 0.568. The summed E-state index contributed by atoms with van der Waals surface area (Å²) in [7, 11) is 0. The Hall–Kier alpha value is -1.66. The van der Waals surface area contributed by atoms with Gasteiger partial charge in [-0.1, -0.05) is 0 Å². The summed E-state index contributed by atoms with van der Waals surface area (Å²) in [6.45, 7) is 1.21. The lowest BCUT2D eigenvalue weighted by Crippen LogP contribution is -2.43. The number of hydrogen-bond donors (Lipinski definition) is 3. The summed E-state index contributed by atoms with van der Waals surface area (Å²) in [4.78, 5) is 24.6. The van der Waals surface area contributed by atoms with E-state index >= 15 is 0 Å². The molecule has 0 radical (unpaired) electrons. The summed E-state index contributed by atoms with van der Waals surface area (Å²) in [6.07, 6.45) is -5.09. The van der Waals surface area contributed by atoms with E-state index < -0.39 is 42.4 Å². The Kier molecular flexibility index (Phi) is 3.82. The van der Waals surface area contributed by atoms with Gasteiger partial charge in [-0.05, 0) is 6.92 Å². The Morgan fingerprint density at radius 1 is 1.27 bits per heavy atom. The summed E-state index contributed by atoms with van der Waals surface area (Å²) < 4.78 is 15.1. The van der Waals surface area contributed by atoms with Gasteiger partial charge in [0.05, 0.1) is 18.3 Å². The van der Waals surface area contributed by atoms with Gasteiger partial charge in [-0.25, -0.2) is 9.36 Å².